The molecule has 34 heavy (non-hydrogen) atoms. The summed E-state index contributed by atoms with van der Waals surface area (Å²) in [5, 5.41) is 2.97. The second-order valence-corrected chi connectivity index (χ2v) is 8.80. The van der Waals surface area contributed by atoms with Crippen LogP contribution in [0.3, 0.4) is 0 Å². The van der Waals surface area contributed by atoms with Gasteiger partial charge in [-0.15, -0.1) is 0 Å². The van der Waals surface area contributed by atoms with E-state index in [-0.39, 0.29) is 41.5 Å². The number of amides is 2. The average molecular weight is 470 g/mol. The molecular weight excluding hydrogens is 438 g/mol. The van der Waals surface area contributed by atoms with E-state index in [1.807, 2.05) is 17.9 Å². The third kappa shape index (κ3) is 5.77. The normalized spacial score (nSPS) is 17.6. The Kier molecular flexibility index (Phi) is 7.51. The number of hydrogen-bond donors (Lipinski definition) is 2. The minimum absolute atomic E-state index is 0.0504. The maximum atomic E-state index is 12.8. The quantitative estimate of drug-likeness (QED) is 0.557. The highest BCUT2D eigenvalue weighted by Gasteiger charge is 2.27. The van der Waals surface area contributed by atoms with Crippen molar-refractivity contribution in [2.75, 3.05) is 31.7 Å². The summed E-state index contributed by atoms with van der Waals surface area (Å²) in [6.07, 6.45) is 4.36. The summed E-state index contributed by atoms with van der Waals surface area (Å²) in [6.45, 7) is 3.54. The first-order chi connectivity index (χ1) is 16.4. The first kappa shape index (κ1) is 23.8. The molecule has 2 aliphatic rings. The fraction of sp³-hybridized carbons (Fsp3) is 0.565. The predicted octanol–water partition coefficient (Wildman–Crippen LogP) is 1.45. The van der Waals surface area contributed by atoms with Crippen LogP contribution < -0.4 is 20.7 Å². The van der Waals surface area contributed by atoms with Crippen LogP contribution in [-0.4, -0.2) is 70.7 Å². The molecule has 2 fully saturated rings. The highest BCUT2D eigenvalue weighted by Crippen LogP contribution is 2.29. The minimum Gasteiger partial charge on any atom is -0.458 e. The maximum absolute atomic E-state index is 12.8. The van der Waals surface area contributed by atoms with Crippen LogP contribution in [0, 0.1) is 0 Å². The lowest BCUT2D eigenvalue weighted by molar-refractivity contribution is 0.0832. The van der Waals surface area contributed by atoms with Gasteiger partial charge in [0.1, 0.15) is 11.8 Å². The van der Waals surface area contributed by atoms with Crippen LogP contribution in [0.1, 0.15) is 71.7 Å². The van der Waals surface area contributed by atoms with Crippen molar-refractivity contribution in [1.82, 2.24) is 25.3 Å². The number of aromatic nitrogens is 4. The number of nitrogens with zero attached hydrogens (tertiary/aromatic N) is 5. The molecule has 182 valence electrons. The molecule has 2 amide bonds. The molecule has 11 nitrogen and oxygen atoms in total. The Morgan fingerprint density at radius 1 is 1.15 bits per heavy atom. The summed E-state index contributed by atoms with van der Waals surface area (Å²) in [5.41, 5.74) is 6.50. The van der Waals surface area contributed by atoms with Crippen LogP contribution in [0.2, 0.25) is 0 Å². The number of pyridine rings is 1. The van der Waals surface area contributed by atoms with Gasteiger partial charge in [0.15, 0.2) is 0 Å². The first-order valence-electron chi connectivity index (χ1n) is 11.7. The minimum atomic E-state index is -0.535. The largest absolute Gasteiger partial charge is 0.458 e. The lowest BCUT2D eigenvalue weighted by Gasteiger charge is -2.32. The van der Waals surface area contributed by atoms with Crippen LogP contribution in [0.4, 0.5) is 5.95 Å². The van der Waals surface area contributed by atoms with Crippen LogP contribution in [0.5, 0.6) is 6.01 Å². The van der Waals surface area contributed by atoms with Gasteiger partial charge in [-0.2, -0.15) is 15.0 Å². The fourth-order valence-electron chi connectivity index (χ4n) is 4.08. The molecule has 1 saturated heterocycles. The van der Waals surface area contributed by atoms with Gasteiger partial charge in [-0.25, -0.2) is 4.98 Å². The van der Waals surface area contributed by atoms with Crippen molar-refractivity contribution in [3.63, 3.8) is 0 Å². The Morgan fingerprint density at radius 2 is 1.91 bits per heavy atom. The zero-order valence-electron chi connectivity index (χ0n) is 19.6. The van der Waals surface area contributed by atoms with E-state index in [2.05, 4.69) is 25.3 Å². The molecule has 0 bridgehead atoms. The molecule has 0 radical (unpaired) electrons. The Balaban J connectivity index is 1.49. The average Bonchev–Trinajstić information content (AvgIpc) is 2.81. The molecule has 3 heterocycles. The summed E-state index contributed by atoms with van der Waals surface area (Å²) in [4.78, 5) is 43.9. The number of methoxy groups -OCH3 is 1. The lowest BCUT2D eigenvalue weighted by Crippen LogP contribution is -2.41. The van der Waals surface area contributed by atoms with Gasteiger partial charge in [0.25, 0.3) is 11.8 Å². The topological polar surface area (TPSA) is 145 Å². The van der Waals surface area contributed by atoms with Crippen molar-refractivity contribution in [2.45, 2.75) is 57.1 Å². The predicted molar refractivity (Wildman–Crippen MR) is 124 cm³/mol. The number of anilines is 1. The van der Waals surface area contributed by atoms with Crippen LogP contribution in [0.15, 0.2) is 18.2 Å². The number of carbonyl (C=O) groups excluding carboxylic acids is 2. The van der Waals surface area contributed by atoms with E-state index in [0.717, 1.165) is 37.8 Å². The molecular formula is C23H31N7O4. The lowest BCUT2D eigenvalue weighted by atomic mass is 9.93. The molecule has 4 rings (SSSR count). The third-order valence-electron chi connectivity index (χ3n) is 6.17. The summed E-state index contributed by atoms with van der Waals surface area (Å²) in [7, 11) is 1.59. The highest BCUT2D eigenvalue weighted by molar-refractivity contribution is 5.91. The number of nitrogens with two attached hydrogens (primary N) is 1. The zero-order chi connectivity index (χ0) is 24.1. The molecule has 0 spiro atoms. The highest BCUT2D eigenvalue weighted by atomic mass is 16.5. The molecule has 0 aromatic carbocycles. The maximum Gasteiger partial charge on any atom is 0.322 e. The van der Waals surface area contributed by atoms with E-state index in [1.165, 1.54) is 0 Å². The van der Waals surface area contributed by atoms with Gasteiger partial charge >= 0.3 is 6.01 Å². The summed E-state index contributed by atoms with van der Waals surface area (Å²) in [6, 6.07) is 5.61. The second-order valence-electron chi connectivity index (χ2n) is 8.80. The molecule has 2 aromatic rings. The monoisotopic (exact) mass is 469 g/mol. The summed E-state index contributed by atoms with van der Waals surface area (Å²) in [5.74, 6) is -0.205. The Morgan fingerprint density at radius 3 is 2.56 bits per heavy atom. The molecule has 1 aliphatic carbocycles. The van der Waals surface area contributed by atoms with Crippen molar-refractivity contribution in [3.8, 4) is 6.01 Å². The number of ether oxygens (including phenoxy) is 2. The summed E-state index contributed by atoms with van der Waals surface area (Å²) >= 11 is 0. The van der Waals surface area contributed by atoms with Crippen molar-refractivity contribution in [2.24, 2.45) is 5.73 Å². The van der Waals surface area contributed by atoms with Crippen LogP contribution in [0.25, 0.3) is 0 Å². The number of nitrogens with one attached hydrogen (secondary N) is 1. The first-order valence-corrected chi connectivity index (χ1v) is 11.7. The van der Waals surface area contributed by atoms with E-state index in [1.54, 1.807) is 19.2 Å². The zero-order valence-corrected chi connectivity index (χ0v) is 19.6. The van der Waals surface area contributed by atoms with Gasteiger partial charge in [0, 0.05) is 37.9 Å². The SMILES string of the molecule is COC[C@@H](C)Oc1nc(C(=O)NC2CCC2)nc(N2CCC(c3cccc(C(N)=O)n3)CC2)n1. The van der Waals surface area contributed by atoms with Gasteiger partial charge in [0.05, 0.1) is 6.61 Å². The molecule has 0 unspecified atom stereocenters. The number of hydrogen-bond acceptors (Lipinski definition) is 9. The second kappa shape index (κ2) is 10.7. The van der Waals surface area contributed by atoms with Crippen molar-refractivity contribution < 1.29 is 19.1 Å². The van der Waals surface area contributed by atoms with Gasteiger partial charge in [-0.05, 0) is 51.2 Å². The van der Waals surface area contributed by atoms with E-state index < -0.39 is 5.91 Å². The molecule has 2 aromatic heterocycles. The van der Waals surface area contributed by atoms with Crippen molar-refractivity contribution >= 4 is 17.8 Å². The van der Waals surface area contributed by atoms with Gasteiger partial charge in [0.2, 0.25) is 11.8 Å². The van der Waals surface area contributed by atoms with E-state index in [4.69, 9.17) is 15.2 Å². The summed E-state index contributed by atoms with van der Waals surface area (Å²) < 4.78 is 10.9. The van der Waals surface area contributed by atoms with Gasteiger partial charge < -0.3 is 25.4 Å². The standard InChI is InChI=1S/C23H31N7O4/c1-14(13-33-2)34-23-28-20(21(32)25-16-5-3-6-16)27-22(29-23)30-11-9-15(10-12-30)17-7-4-8-18(26-17)19(24)31/h4,7-8,14-16H,3,5-6,9-13H2,1-2H3,(H2,24,31)(H,25,32)/t14-/m1/s1. The Hall–Kier alpha value is -3.34. The van der Waals surface area contributed by atoms with Crippen LogP contribution in [-0.2, 0) is 4.74 Å². The van der Waals surface area contributed by atoms with E-state index in [0.29, 0.717) is 25.6 Å². The number of carbonyl (C=O) groups is 2. The van der Waals surface area contributed by atoms with Crippen LogP contribution >= 0.6 is 0 Å². The Bertz CT molecular complexity index is 1020. The molecule has 1 aliphatic heterocycles. The number of rotatable bonds is 9. The van der Waals surface area contributed by atoms with E-state index in [9.17, 15) is 9.59 Å². The molecule has 3 N–H and O–H groups in total. The molecule has 11 heteroatoms. The smallest absolute Gasteiger partial charge is 0.322 e. The van der Waals surface area contributed by atoms with E-state index >= 15 is 0 Å². The van der Waals surface area contributed by atoms with Crippen molar-refractivity contribution in [3.05, 3.63) is 35.4 Å². The third-order valence-corrected chi connectivity index (χ3v) is 6.17. The Labute approximate surface area is 198 Å². The number of piperidine rings is 1. The molecule has 1 saturated carbocycles. The molecule has 1 atom stereocenters. The number of primary amides is 1. The van der Waals surface area contributed by atoms with Gasteiger partial charge in [-0.1, -0.05) is 6.07 Å². The van der Waals surface area contributed by atoms with Gasteiger partial charge in [-0.3, -0.25) is 9.59 Å². The fourth-order valence-corrected chi connectivity index (χ4v) is 4.08. The van der Waals surface area contributed by atoms with Crippen molar-refractivity contribution in [1.29, 1.82) is 0 Å².